The Labute approximate surface area is 166 Å². The van der Waals surface area contributed by atoms with Crippen LogP contribution in [-0.2, 0) is 16.0 Å². The van der Waals surface area contributed by atoms with Gasteiger partial charge in [0.25, 0.3) is 0 Å². The van der Waals surface area contributed by atoms with Gasteiger partial charge in [-0.1, -0.05) is 19.1 Å². The molecule has 1 unspecified atom stereocenters. The molecule has 2 aliphatic heterocycles. The number of hydrogen-bond acceptors (Lipinski definition) is 4. The van der Waals surface area contributed by atoms with Crippen LogP contribution in [0.5, 0.6) is 0 Å². The van der Waals surface area contributed by atoms with Crippen LogP contribution in [0.4, 0.5) is 5.69 Å². The van der Waals surface area contributed by atoms with Gasteiger partial charge in [-0.3, -0.25) is 9.59 Å². The minimum atomic E-state index is 0.0793. The van der Waals surface area contributed by atoms with E-state index in [1.54, 1.807) is 0 Å². The molecule has 6 heteroatoms. The maximum Gasteiger partial charge on any atom is 0.227 e. The highest BCUT2D eigenvalue weighted by Gasteiger charge is 2.22. The van der Waals surface area contributed by atoms with Gasteiger partial charge in [0.1, 0.15) is 0 Å². The standard InChI is InChI=1S/C21H31N3O2S/c1-16(18-6-8-22-9-7-18)14-20(25)23-19-4-2-17(3-5-19)15-21(26)24-10-12-27-13-11-24/h2-5,16,18,22H,6-15H2,1H3,(H,23,25). The van der Waals surface area contributed by atoms with Crippen molar-refractivity contribution >= 4 is 29.3 Å². The first-order chi connectivity index (χ1) is 13.1. The molecule has 2 aliphatic rings. The lowest BCUT2D eigenvalue weighted by atomic mass is 9.84. The predicted octanol–water partition coefficient (Wildman–Crippen LogP) is 2.77. The Balaban J connectivity index is 1.45. The van der Waals surface area contributed by atoms with Crippen LogP contribution in [-0.4, -0.2) is 54.4 Å². The van der Waals surface area contributed by atoms with Gasteiger partial charge in [-0.2, -0.15) is 11.8 Å². The van der Waals surface area contributed by atoms with E-state index in [0.29, 0.717) is 24.7 Å². The lowest BCUT2D eigenvalue weighted by Gasteiger charge is -2.27. The van der Waals surface area contributed by atoms with Crippen LogP contribution >= 0.6 is 11.8 Å². The second-order valence-electron chi connectivity index (χ2n) is 7.68. The van der Waals surface area contributed by atoms with Crippen molar-refractivity contribution in [3.63, 3.8) is 0 Å². The Hall–Kier alpha value is -1.53. The second kappa shape index (κ2) is 10.1. The number of hydrogen-bond donors (Lipinski definition) is 2. The average Bonchev–Trinajstić information content (AvgIpc) is 2.70. The van der Waals surface area contributed by atoms with Crippen LogP contribution in [0.1, 0.15) is 31.7 Å². The number of anilines is 1. The summed E-state index contributed by atoms with van der Waals surface area (Å²) < 4.78 is 0. The van der Waals surface area contributed by atoms with Crippen molar-refractivity contribution in [1.29, 1.82) is 0 Å². The summed E-state index contributed by atoms with van der Waals surface area (Å²) in [6.45, 7) is 6.02. The van der Waals surface area contributed by atoms with E-state index >= 15 is 0 Å². The normalized spacial score (nSPS) is 19.5. The lowest BCUT2D eigenvalue weighted by Crippen LogP contribution is -2.38. The quantitative estimate of drug-likeness (QED) is 0.785. The third kappa shape index (κ3) is 6.25. The van der Waals surface area contributed by atoms with Crippen molar-refractivity contribution in [3.8, 4) is 0 Å². The highest BCUT2D eigenvalue weighted by Crippen LogP contribution is 2.24. The van der Waals surface area contributed by atoms with E-state index in [1.807, 2.05) is 40.9 Å². The summed E-state index contributed by atoms with van der Waals surface area (Å²) in [6.07, 6.45) is 3.32. The smallest absolute Gasteiger partial charge is 0.227 e. The van der Waals surface area contributed by atoms with Gasteiger partial charge in [0.2, 0.25) is 11.8 Å². The Morgan fingerprint density at radius 3 is 2.52 bits per heavy atom. The minimum absolute atomic E-state index is 0.0793. The van der Waals surface area contributed by atoms with Crippen LogP contribution < -0.4 is 10.6 Å². The molecule has 0 aliphatic carbocycles. The van der Waals surface area contributed by atoms with Crippen molar-refractivity contribution < 1.29 is 9.59 Å². The number of amides is 2. The predicted molar refractivity (Wildman–Crippen MR) is 112 cm³/mol. The SMILES string of the molecule is CC(CC(=O)Nc1ccc(CC(=O)N2CCSCC2)cc1)C1CCNCC1. The third-order valence-electron chi connectivity index (χ3n) is 5.65. The van der Waals surface area contributed by atoms with Crippen LogP contribution in [0.2, 0.25) is 0 Å². The fraction of sp³-hybridized carbons (Fsp3) is 0.619. The molecular weight excluding hydrogens is 358 g/mol. The van der Waals surface area contributed by atoms with E-state index < -0.39 is 0 Å². The van der Waals surface area contributed by atoms with Gasteiger partial charge >= 0.3 is 0 Å². The number of benzene rings is 1. The summed E-state index contributed by atoms with van der Waals surface area (Å²) >= 11 is 1.91. The molecule has 1 aromatic carbocycles. The fourth-order valence-corrected chi connectivity index (χ4v) is 4.79. The van der Waals surface area contributed by atoms with Crippen LogP contribution in [0.15, 0.2) is 24.3 Å². The molecular formula is C21H31N3O2S. The molecule has 27 heavy (non-hydrogen) atoms. The highest BCUT2D eigenvalue weighted by molar-refractivity contribution is 7.99. The maximum absolute atomic E-state index is 12.3. The van der Waals surface area contributed by atoms with E-state index in [-0.39, 0.29) is 11.8 Å². The summed E-state index contributed by atoms with van der Waals surface area (Å²) in [5.74, 6) is 3.39. The van der Waals surface area contributed by atoms with Crippen molar-refractivity contribution in [1.82, 2.24) is 10.2 Å². The second-order valence-corrected chi connectivity index (χ2v) is 8.91. The van der Waals surface area contributed by atoms with Crippen LogP contribution in [0.3, 0.4) is 0 Å². The molecule has 3 rings (SSSR count). The summed E-state index contributed by atoms with van der Waals surface area (Å²) in [7, 11) is 0. The Morgan fingerprint density at radius 1 is 1.19 bits per heavy atom. The number of rotatable bonds is 6. The molecule has 2 amide bonds. The largest absolute Gasteiger partial charge is 0.341 e. The first-order valence-electron chi connectivity index (χ1n) is 10.1. The van der Waals surface area contributed by atoms with Crippen molar-refractivity contribution in [2.24, 2.45) is 11.8 Å². The number of carbonyl (C=O) groups is 2. The molecule has 1 atom stereocenters. The molecule has 2 fully saturated rings. The molecule has 2 saturated heterocycles. The first-order valence-corrected chi connectivity index (χ1v) is 11.2. The molecule has 5 nitrogen and oxygen atoms in total. The van der Waals surface area contributed by atoms with Crippen molar-refractivity contribution in [2.45, 2.75) is 32.6 Å². The van der Waals surface area contributed by atoms with Gasteiger partial charge in [-0.05, 0) is 55.5 Å². The fourth-order valence-electron chi connectivity index (χ4n) is 3.89. The molecule has 0 spiro atoms. The van der Waals surface area contributed by atoms with E-state index in [4.69, 9.17) is 0 Å². The van der Waals surface area contributed by atoms with Gasteiger partial charge in [0, 0.05) is 36.7 Å². The van der Waals surface area contributed by atoms with Crippen LogP contribution in [0.25, 0.3) is 0 Å². The van der Waals surface area contributed by atoms with Crippen LogP contribution in [0, 0.1) is 11.8 Å². The number of carbonyl (C=O) groups excluding carboxylic acids is 2. The minimum Gasteiger partial charge on any atom is -0.341 e. The van der Waals surface area contributed by atoms with Gasteiger partial charge < -0.3 is 15.5 Å². The van der Waals surface area contributed by atoms with Gasteiger partial charge in [0.05, 0.1) is 6.42 Å². The topological polar surface area (TPSA) is 61.4 Å². The molecule has 1 aromatic rings. The summed E-state index contributed by atoms with van der Waals surface area (Å²) in [4.78, 5) is 26.6. The monoisotopic (exact) mass is 389 g/mol. The summed E-state index contributed by atoms with van der Waals surface area (Å²) in [5, 5.41) is 6.38. The molecule has 148 valence electrons. The Kier molecular flexibility index (Phi) is 7.59. The third-order valence-corrected chi connectivity index (χ3v) is 6.60. The average molecular weight is 390 g/mol. The number of nitrogens with zero attached hydrogens (tertiary/aromatic N) is 1. The Bertz CT molecular complexity index is 623. The maximum atomic E-state index is 12.3. The van der Waals surface area contributed by atoms with Gasteiger partial charge in [-0.25, -0.2) is 0 Å². The number of piperidine rings is 1. The zero-order valence-electron chi connectivity index (χ0n) is 16.2. The molecule has 0 aromatic heterocycles. The van der Waals surface area contributed by atoms with Gasteiger partial charge in [0.15, 0.2) is 0 Å². The number of thioether (sulfide) groups is 1. The van der Waals surface area contributed by atoms with E-state index in [1.165, 1.54) is 0 Å². The highest BCUT2D eigenvalue weighted by atomic mass is 32.2. The zero-order valence-corrected chi connectivity index (χ0v) is 17.0. The van der Waals surface area contributed by atoms with E-state index in [9.17, 15) is 9.59 Å². The first kappa shape index (κ1) is 20.2. The van der Waals surface area contributed by atoms with E-state index in [0.717, 1.165) is 61.8 Å². The molecule has 2 heterocycles. The van der Waals surface area contributed by atoms with E-state index in [2.05, 4.69) is 17.6 Å². The van der Waals surface area contributed by atoms with Crippen molar-refractivity contribution in [2.75, 3.05) is 43.0 Å². The lowest BCUT2D eigenvalue weighted by molar-refractivity contribution is -0.130. The molecule has 0 bridgehead atoms. The summed E-state index contributed by atoms with van der Waals surface area (Å²) in [6, 6.07) is 7.70. The molecule has 0 saturated carbocycles. The molecule has 0 radical (unpaired) electrons. The van der Waals surface area contributed by atoms with Gasteiger partial charge in [-0.15, -0.1) is 0 Å². The Morgan fingerprint density at radius 2 is 1.85 bits per heavy atom. The summed E-state index contributed by atoms with van der Waals surface area (Å²) in [5.41, 5.74) is 1.81. The number of nitrogens with one attached hydrogen (secondary N) is 2. The molecule has 2 N–H and O–H groups in total. The zero-order chi connectivity index (χ0) is 19.1. The van der Waals surface area contributed by atoms with Crippen molar-refractivity contribution in [3.05, 3.63) is 29.8 Å².